The summed E-state index contributed by atoms with van der Waals surface area (Å²) in [5.74, 6) is -0.200. The summed E-state index contributed by atoms with van der Waals surface area (Å²) in [6.07, 6.45) is 3.23. The van der Waals surface area contributed by atoms with Crippen LogP contribution in [0.5, 0.6) is 0 Å². The number of pyridine rings is 1. The molecule has 2 rings (SSSR count). The van der Waals surface area contributed by atoms with Crippen LogP contribution in [-0.4, -0.2) is 22.0 Å². The van der Waals surface area contributed by atoms with Crippen LogP contribution in [0.15, 0.2) is 24.5 Å². The van der Waals surface area contributed by atoms with E-state index in [9.17, 15) is 4.79 Å². The van der Waals surface area contributed by atoms with Gasteiger partial charge in [0.05, 0.1) is 23.3 Å². The molecule has 0 atom stereocenters. The van der Waals surface area contributed by atoms with E-state index in [4.69, 9.17) is 16.3 Å². The normalized spacial score (nSPS) is 10.5. The zero-order valence-corrected chi connectivity index (χ0v) is 8.86. The molecule has 2 aromatic rings. The molecular weight excluding hydrogens is 216 g/mol. The molecule has 0 fully saturated rings. The number of hydrogen-bond donors (Lipinski definition) is 0. The van der Waals surface area contributed by atoms with Crippen molar-refractivity contribution < 1.29 is 9.53 Å². The van der Waals surface area contributed by atoms with E-state index in [-0.39, 0.29) is 5.82 Å². The third kappa shape index (κ3) is 1.80. The Morgan fingerprint density at radius 2 is 2.40 bits per heavy atom. The highest BCUT2D eigenvalue weighted by molar-refractivity contribution is 6.30. The van der Waals surface area contributed by atoms with Crippen molar-refractivity contribution in [1.29, 1.82) is 0 Å². The number of halogens is 1. The van der Waals surface area contributed by atoms with Crippen molar-refractivity contribution in [3.63, 3.8) is 0 Å². The predicted octanol–water partition coefficient (Wildman–Crippen LogP) is 2.16. The topological polar surface area (TPSA) is 43.6 Å². The van der Waals surface area contributed by atoms with Crippen LogP contribution in [0.1, 0.15) is 17.5 Å². The van der Waals surface area contributed by atoms with Crippen molar-refractivity contribution in [1.82, 2.24) is 9.38 Å². The van der Waals surface area contributed by atoms with Crippen molar-refractivity contribution >= 4 is 23.1 Å². The van der Waals surface area contributed by atoms with Gasteiger partial charge in [0.2, 0.25) is 5.82 Å². The lowest BCUT2D eigenvalue weighted by molar-refractivity contribution is 0.0511. The lowest BCUT2D eigenvalue weighted by Gasteiger charge is -2.01. The molecule has 0 aromatic carbocycles. The molecule has 0 N–H and O–H groups in total. The number of imidazole rings is 1. The van der Waals surface area contributed by atoms with Crippen LogP contribution in [-0.2, 0) is 4.74 Å². The summed E-state index contributed by atoms with van der Waals surface area (Å²) in [5.41, 5.74) is 0.808. The molecule has 0 saturated carbocycles. The van der Waals surface area contributed by atoms with Crippen LogP contribution in [0.4, 0.5) is 0 Å². The Morgan fingerprint density at radius 1 is 1.60 bits per heavy atom. The number of aromatic nitrogens is 2. The summed E-state index contributed by atoms with van der Waals surface area (Å²) < 4.78 is 6.48. The first kappa shape index (κ1) is 9.98. The molecule has 78 valence electrons. The molecule has 4 nitrogen and oxygen atoms in total. The van der Waals surface area contributed by atoms with Crippen molar-refractivity contribution in [2.45, 2.75) is 6.92 Å². The van der Waals surface area contributed by atoms with Gasteiger partial charge < -0.3 is 4.74 Å². The third-order valence-corrected chi connectivity index (χ3v) is 2.17. The smallest absolute Gasteiger partial charge is 0.374 e. The number of carbonyl (C=O) groups is 1. The Balaban J connectivity index is 2.52. The SMILES string of the molecule is CCOC(=O)c1ncc2ccc(Cl)cn12. The van der Waals surface area contributed by atoms with Crippen LogP contribution < -0.4 is 0 Å². The van der Waals surface area contributed by atoms with Gasteiger partial charge in [0, 0.05) is 6.20 Å². The monoisotopic (exact) mass is 224 g/mol. The van der Waals surface area contributed by atoms with Crippen LogP contribution in [0.2, 0.25) is 5.02 Å². The standard InChI is InChI=1S/C10H9ClN2O2/c1-2-15-10(14)9-12-5-8-4-3-7(11)6-13(8)9/h3-6H,2H2,1H3. The molecular formula is C10H9ClN2O2. The van der Waals surface area contributed by atoms with E-state index in [1.54, 1.807) is 35.9 Å². The van der Waals surface area contributed by atoms with Crippen molar-refractivity contribution in [3.8, 4) is 0 Å². The fourth-order valence-electron chi connectivity index (χ4n) is 1.31. The van der Waals surface area contributed by atoms with Gasteiger partial charge in [-0.2, -0.15) is 0 Å². The number of ether oxygens (including phenoxy) is 1. The molecule has 0 radical (unpaired) electrons. The third-order valence-electron chi connectivity index (χ3n) is 1.95. The minimum atomic E-state index is -0.445. The second-order valence-corrected chi connectivity index (χ2v) is 3.38. The Labute approximate surface area is 91.4 Å². The summed E-state index contributed by atoms with van der Waals surface area (Å²) in [5, 5.41) is 0.547. The Bertz CT molecular complexity index is 507. The first-order valence-electron chi connectivity index (χ1n) is 4.52. The van der Waals surface area contributed by atoms with Gasteiger partial charge in [-0.1, -0.05) is 11.6 Å². The average molecular weight is 225 g/mol. The van der Waals surface area contributed by atoms with Gasteiger partial charge in [-0.05, 0) is 19.1 Å². The Kier molecular flexibility index (Phi) is 2.60. The molecule has 2 aromatic heterocycles. The number of rotatable bonds is 2. The van der Waals surface area contributed by atoms with E-state index in [0.717, 1.165) is 5.52 Å². The number of fused-ring (bicyclic) bond motifs is 1. The maximum absolute atomic E-state index is 11.5. The maximum atomic E-state index is 11.5. The average Bonchev–Trinajstić information content (AvgIpc) is 2.60. The summed E-state index contributed by atoms with van der Waals surface area (Å²) in [6.45, 7) is 2.08. The minimum absolute atomic E-state index is 0.245. The molecule has 0 bridgehead atoms. The van der Waals surface area contributed by atoms with Gasteiger partial charge in [-0.15, -0.1) is 0 Å². The molecule has 2 heterocycles. The van der Waals surface area contributed by atoms with Crippen molar-refractivity contribution in [3.05, 3.63) is 35.4 Å². The lowest BCUT2D eigenvalue weighted by Crippen LogP contribution is -2.09. The first-order valence-corrected chi connectivity index (χ1v) is 4.90. The van der Waals surface area contributed by atoms with Crippen LogP contribution in [0, 0.1) is 0 Å². The number of nitrogens with zero attached hydrogens (tertiary/aromatic N) is 2. The molecule has 0 saturated heterocycles. The van der Waals surface area contributed by atoms with Gasteiger partial charge in [0.15, 0.2) is 0 Å². The molecule has 5 heteroatoms. The molecule has 15 heavy (non-hydrogen) atoms. The fourth-order valence-corrected chi connectivity index (χ4v) is 1.47. The van der Waals surface area contributed by atoms with Crippen LogP contribution in [0.25, 0.3) is 5.52 Å². The van der Waals surface area contributed by atoms with Gasteiger partial charge in [0.1, 0.15) is 0 Å². The molecule has 0 spiro atoms. The summed E-state index contributed by atoms with van der Waals surface area (Å²) >= 11 is 5.83. The summed E-state index contributed by atoms with van der Waals surface area (Å²) in [4.78, 5) is 15.5. The minimum Gasteiger partial charge on any atom is -0.460 e. The van der Waals surface area contributed by atoms with Gasteiger partial charge in [0.25, 0.3) is 0 Å². The molecule has 0 aliphatic heterocycles. The van der Waals surface area contributed by atoms with Gasteiger partial charge >= 0.3 is 5.97 Å². The summed E-state index contributed by atoms with van der Waals surface area (Å²) in [7, 11) is 0. The van der Waals surface area contributed by atoms with Crippen LogP contribution in [0.3, 0.4) is 0 Å². The highest BCUT2D eigenvalue weighted by Gasteiger charge is 2.13. The lowest BCUT2D eigenvalue weighted by atomic mass is 10.4. The van der Waals surface area contributed by atoms with E-state index >= 15 is 0 Å². The molecule has 0 aliphatic carbocycles. The number of hydrogen-bond acceptors (Lipinski definition) is 3. The Hall–Kier alpha value is -1.55. The largest absolute Gasteiger partial charge is 0.460 e. The number of esters is 1. The zero-order valence-electron chi connectivity index (χ0n) is 8.11. The van der Waals surface area contributed by atoms with Gasteiger partial charge in [-0.25, -0.2) is 9.78 Å². The molecule has 0 aliphatic rings. The maximum Gasteiger partial charge on any atom is 0.374 e. The van der Waals surface area contributed by atoms with Crippen LogP contribution >= 0.6 is 11.6 Å². The predicted molar refractivity (Wildman–Crippen MR) is 56.2 cm³/mol. The molecule has 0 unspecified atom stereocenters. The van der Waals surface area contributed by atoms with Crippen molar-refractivity contribution in [2.24, 2.45) is 0 Å². The second kappa shape index (κ2) is 3.90. The van der Waals surface area contributed by atoms with Gasteiger partial charge in [-0.3, -0.25) is 4.40 Å². The molecule has 0 amide bonds. The van der Waals surface area contributed by atoms with E-state index < -0.39 is 5.97 Å². The van der Waals surface area contributed by atoms with E-state index in [1.807, 2.05) is 0 Å². The highest BCUT2D eigenvalue weighted by Crippen LogP contribution is 2.13. The summed E-state index contributed by atoms with van der Waals surface area (Å²) in [6, 6.07) is 3.53. The highest BCUT2D eigenvalue weighted by atomic mass is 35.5. The quantitative estimate of drug-likeness (QED) is 0.735. The fraction of sp³-hybridized carbons (Fsp3) is 0.200. The second-order valence-electron chi connectivity index (χ2n) is 2.94. The van der Waals surface area contributed by atoms with E-state index in [0.29, 0.717) is 11.6 Å². The van der Waals surface area contributed by atoms with E-state index in [2.05, 4.69) is 4.98 Å². The Morgan fingerprint density at radius 3 is 3.13 bits per heavy atom. The van der Waals surface area contributed by atoms with Crippen molar-refractivity contribution in [2.75, 3.05) is 6.61 Å². The number of carbonyl (C=O) groups excluding carboxylic acids is 1. The van der Waals surface area contributed by atoms with E-state index in [1.165, 1.54) is 0 Å². The zero-order chi connectivity index (χ0) is 10.8. The first-order chi connectivity index (χ1) is 7.22.